The summed E-state index contributed by atoms with van der Waals surface area (Å²) in [5.74, 6) is 0. The summed E-state index contributed by atoms with van der Waals surface area (Å²) in [7, 11) is 0. The molecule has 0 N–H and O–H groups in total. The molecule has 1 aromatic carbocycles. The maximum Gasteiger partial charge on any atom is 0.0566 e. The van der Waals surface area contributed by atoms with E-state index in [4.69, 9.17) is 11.6 Å². The van der Waals surface area contributed by atoms with E-state index in [0.717, 1.165) is 5.56 Å². The van der Waals surface area contributed by atoms with Gasteiger partial charge in [-0.3, -0.25) is 0 Å². The Morgan fingerprint density at radius 1 is 1.62 bits per heavy atom. The van der Waals surface area contributed by atoms with Crippen LogP contribution in [0, 0.1) is 19.1 Å². The third-order valence-corrected chi connectivity index (χ3v) is 1.05. The van der Waals surface area contributed by atoms with Gasteiger partial charge in [0.05, 0.1) is 5.02 Å². The molecule has 0 nitrogen and oxygen atoms in total. The van der Waals surface area contributed by atoms with Crippen LogP contribution in [0.25, 0.3) is 0 Å². The molecule has 2 radical (unpaired) electrons. The number of hydrogen-bond acceptors (Lipinski definition) is 0. The smallest absolute Gasteiger partial charge is 0.0566 e. The van der Waals surface area contributed by atoms with Gasteiger partial charge in [-0.05, 0) is 12.5 Å². The summed E-state index contributed by atoms with van der Waals surface area (Å²) in [5.41, 5.74) is 1.05. The normalized spacial score (nSPS) is 9.25. The number of aryl methyl sites for hydroxylation is 1. The topological polar surface area (TPSA) is 0 Å². The van der Waals surface area contributed by atoms with Crippen LogP contribution in [0.5, 0.6) is 0 Å². The Labute approximate surface area is 54.1 Å². The van der Waals surface area contributed by atoms with Gasteiger partial charge in [0.15, 0.2) is 0 Å². The summed E-state index contributed by atoms with van der Waals surface area (Å²) in [5, 5.41) is 0.560. The minimum Gasteiger partial charge on any atom is -0.0830 e. The summed E-state index contributed by atoms with van der Waals surface area (Å²) in [6.07, 6.45) is 0. The van der Waals surface area contributed by atoms with Gasteiger partial charge in [-0.2, -0.15) is 0 Å². The van der Waals surface area contributed by atoms with Crippen molar-refractivity contribution in [2.75, 3.05) is 0 Å². The van der Waals surface area contributed by atoms with E-state index in [-0.39, 0.29) is 0 Å². The van der Waals surface area contributed by atoms with Gasteiger partial charge in [-0.1, -0.05) is 23.7 Å². The van der Waals surface area contributed by atoms with E-state index in [1.54, 1.807) is 6.07 Å². The second kappa shape index (κ2) is 2.19. The first-order valence-electron chi connectivity index (χ1n) is 2.35. The fourth-order valence-electron chi connectivity index (χ4n) is 0.491. The Bertz CT molecular complexity index is 164. The zero-order chi connectivity index (χ0) is 5.98. The maximum atomic E-state index is 5.53. The zero-order valence-electron chi connectivity index (χ0n) is 4.53. The summed E-state index contributed by atoms with van der Waals surface area (Å²) >= 11 is 5.53. The minimum atomic E-state index is 0.560. The molecule has 0 aromatic heterocycles. The first-order valence-corrected chi connectivity index (χ1v) is 2.73. The average Bonchev–Trinajstić information content (AvgIpc) is 1.64. The predicted molar refractivity (Wildman–Crippen MR) is 33.9 cm³/mol. The van der Waals surface area contributed by atoms with Crippen LogP contribution < -0.4 is 0 Å². The van der Waals surface area contributed by atoms with Gasteiger partial charge < -0.3 is 0 Å². The van der Waals surface area contributed by atoms with Crippen LogP contribution in [-0.4, -0.2) is 0 Å². The Hall–Kier alpha value is -0.490. The molecule has 40 valence electrons. The van der Waals surface area contributed by atoms with Crippen molar-refractivity contribution in [3.63, 3.8) is 0 Å². The highest BCUT2D eigenvalue weighted by Crippen LogP contribution is 2.06. The van der Waals surface area contributed by atoms with Gasteiger partial charge in [0.2, 0.25) is 0 Å². The van der Waals surface area contributed by atoms with Crippen molar-refractivity contribution in [3.05, 3.63) is 34.9 Å². The summed E-state index contributed by atoms with van der Waals surface area (Å²) in [6, 6.07) is 9.36. The standard InChI is InChI=1S/C7H5Cl/c1-6-3-2-4-7(8)5-6/h2-3H,1H3. The Morgan fingerprint density at radius 3 is 2.75 bits per heavy atom. The van der Waals surface area contributed by atoms with Crippen LogP contribution >= 0.6 is 11.6 Å². The molecule has 0 aliphatic rings. The Kier molecular flexibility index (Phi) is 1.54. The minimum absolute atomic E-state index is 0.560. The second-order valence-corrected chi connectivity index (χ2v) is 1.98. The monoisotopic (exact) mass is 124 g/mol. The quantitative estimate of drug-likeness (QED) is 0.498. The molecule has 8 heavy (non-hydrogen) atoms. The average molecular weight is 125 g/mol. The van der Waals surface area contributed by atoms with Crippen LogP contribution in [0.1, 0.15) is 5.56 Å². The molecule has 0 spiro atoms. The number of rotatable bonds is 0. The van der Waals surface area contributed by atoms with Crippen LogP contribution in [-0.2, 0) is 0 Å². The number of benzene rings is 1. The molecule has 0 saturated carbocycles. The van der Waals surface area contributed by atoms with Gasteiger partial charge in [0.1, 0.15) is 0 Å². The highest BCUT2D eigenvalue weighted by atomic mass is 35.5. The molecular weight excluding hydrogens is 120 g/mol. The van der Waals surface area contributed by atoms with E-state index in [1.165, 1.54) is 0 Å². The molecular formula is C7H5Cl. The van der Waals surface area contributed by atoms with Gasteiger partial charge >= 0.3 is 0 Å². The van der Waals surface area contributed by atoms with Crippen molar-refractivity contribution in [1.29, 1.82) is 0 Å². The maximum absolute atomic E-state index is 5.53. The van der Waals surface area contributed by atoms with Crippen molar-refractivity contribution in [2.45, 2.75) is 6.92 Å². The lowest BCUT2D eigenvalue weighted by molar-refractivity contribution is 1.46. The molecule has 0 saturated heterocycles. The molecule has 0 heterocycles. The largest absolute Gasteiger partial charge is 0.0830 e. The van der Waals surface area contributed by atoms with Crippen molar-refractivity contribution < 1.29 is 0 Å². The fourth-order valence-corrected chi connectivity index (χ4v) is 0.703. The van der Waals surface area contributed by atoms with E-state index in [9.17, 15) is 0 Å². The number of hydrogen-bond donors (Lipinski definition) is 0. The van der Waals surface area contributed by atoms with Crippen LogP contribution in [0.2, 0.25) is 5.02 Å². The second-order valence-electron chi connectivity index (χ2n) is 1.60. The van der Waals surface area contributed by atoms with Crippen LogP contribution in [0.15, 0.2) is 12.1 Å². The SMILES string of the molecule is Cc1[c]c(Cl)[c]cc1. The molecule has 0 bridgehead atoms. The predicted octanol–water partition coefficient (Wildman–Crippen LogP) is 2.25. The molecule has 0 aliphatic carbocycles. The molecule has 0 unspecified atom stereocenters. The van der Waals surface area contributed by atoms with Gasteiger partial charge in [-0.15, -0.1) is 0 Å². The fraction of sp³-hybridized carbons (Fsp3) is 0.143. The molecule has 1 aromatic rings. The van der Waals surface area contributed by atoms with E-state index in [2.05, 4.69) is 12.1 Å². The van der Waals surface area contributed by atoms with Crippen molar-refractivity contribution >= 4 is 11.6 Å². The van der Waals surface area contributed by atoms with Gasteiger partial charge in [0.25, 0.3) is 0 Å². The van der Waals surface area contributed by atoms with Crippen LogP contribution in [0.3, 0.4) is 0 Å². The summed E-state index contributed by atoms with van der Waals surface area (Å²) in [6.45, 7) is 1.94. The highest BCUT2D eigenvalue weighted by molar-refractivity contribution is 6.30. The zero-order valence-corrected chi connectivity index (χ0v) is 5.29. The lowest BCUT2D eigenvalue weighted by Gasteiger charge is -1.86. The van der Waals surface area contributed by atoms with E-state index < -0.39 is 0 Å². The molecule has 1 heteroatoms. The molecule has 0 atom stereocenters. The van der Waals surface area contributed by atoms with Crippen molar-refractivity contribution in [2.24, 2.45) is 0 Å². The molecule has 0 aliphatic heterocycles. The van der Waals surface area contributed by atoms with E-state index in [0.29, 0.717) is 5.02 Å². The number of halogens is 1. The lowest BCUT2D eigenvalue weighted by atomic mass is 10.2. The van der Waals surface area contributed by atoms with Gasteiger partial charge in [-0.25, -0.2) is 0 Å². The molecule has 0 fully saturated rings. The highest BCUT2D eigenvalue weighted by Gasteiger charge is 1.84. The third kappa shape index (κ3) is 1.24. The third-order valence-electron chi connectivity index (χ3n) is 0.850. The first kappa shape index (κ1) is 5.64. The van der Waals surface area contributed by atoms with Gasteiger partial charge in [0, 0.05) is 12.1 Å². The first-order chi connectivity index (χ1) is 3.79. The van der Waals surface area contributed by atoms with E-state index in [1.807, 2.05) is 13.0 Å². The lowest BCUT2D eigenvalue weighted by Crippen LogP contribution is -1.68. The summed E-state index contributed by atoms with van der Waals surface area (Å²) < 4.78 is 0. The molecule has 0 amide bonds. The van der Waals surface area contributed by atoms with Crippen molar-refractivity contribution in [1.82, 2.24) is 0 Å². The van der Waals surface area contributed by atoms with Crippen LogP contribution in [0.4, 0.5) is 0 Å². The van der Waals surface area contributed by atoms with Crippen molar-refractivity contribution in [3.8, 4) is 0 Å². The van der Waals surface area contributed by atoms with E-state index >= 15 is 0 Å². The Balaban J connectivity index is 3.08. The molecule has 1 rings (SSSR count). The summed E-state index contributed by atoms with van der Waals surface area (Å²) in [4.78, 5) is 0. The Morgan fingerprint density at radius 2 is 2.38 bits per heavy atom.